The van der Waals surface area contributed by atoms with Gasteiger partial charge in [-0.3, -0.25) is 9.89 Å². The molecule has 0 saturated carbocycles. The molecule has 0 bridgehead atoms. The van der Waals surface area contributed by atoms with Crippen LogP contribution in [0.1, 0.15) is 12.6 Å². The third kappa shape index (κ3) is 2.34. The van der Waals surface area contributed by atoms with Crippen LogP contribution in [-0.4, -0.2) is 22.8 Å². The number of carbonyl (C=O) groups excluding carboxylic acids is 1. The summed E-state index contributed by atoms with van der Waals surface area (Å²) in [6.07, 6.45) is 1.88. The van der Waals surface area contributed by atoms with Crippen molar-refractivity contribution in [1.82, 2.24) is 10.2 Å². The molecule has 66 valence electrons. The van der Waals surface area contributed by atoms with Gasteiger partial charge < -0.3 is 4.74 Å². The fraction of sp³-hybridized carbons (Fsp3) is 0.429. The van der Waals surface area contributed by atoms with Gasteiger partial charge in [0.05, 0.1) is 23.2 Å². The van der Waals surface area contributed by atoms with Crippen LogP contribution in [0.5, 0.6) is 0 Å². The molecule has 1 aromatic rings. The summed E-state index contributed by atoms with van der Waals surface area (Å²) in [5.41, 5.74) is 0.674. The van der Waals surface area contributed by atoms with Gasteiger partial charge in [-0.1, -0.05) is 0 Å². The van der Waals surface area contributed by atoms with E-state index in [1.54, 1.807) is 13.1 Å². The van der Waals surface area contributed by atoms with Gasteiger partial charge in [0.2, 0.25) is 0 Å². The van der Waals surface area contributed by atoms with Crippen molar-refractivity contribution >= 4 is 21.9 Å². The largest absolute Gasteiger partial charge is 0.466 e. The number of rotatable bonds is 3. The SMILES string of the molecule is CCOC(=O)Cc1n[nH]cc1Br. The number of ether oxygens (including phenoxy) is 1. The van der Waals surface area contributed by atoms with Crippen LogP contribution >= 0.6 is 15.9 Å². The first-order chi connectivity index (χ1) is 5.74. The third-order valence-electron chi connectivity index (χ3n) is 1.28. The third-order valence-corrected chi connectivity index (χ3v) is 1.97. The maximum atomic E-state index is 11.0. The summed E-state index contributed by atoms with van der Waals surface area (Å²) in [4.78, 5) is 11.0. The van der Waals surface area contributed by atoms with Crippen LogP contribution in [0.25, 0.3) is 0 Å². The first-order valence-electron chi connectivity index (χ1n) is 3.57. The smallest absolute Gasteiger partial charge is 0.311 e. The Labute approximate surface area is 78.4 Å². The molecule has 0 fully saturated rings. The van der Waals surface area contributed by atoms with Crippen LogP contribution in [0.15, 0.2) is 10.7 Å². The maximum Gasteiger partial charge on any atom is 0.311 e. The van der Waals surface area contributed by atoms with Gasteiger partial charge >= 0.3 is 5.97 Å². The van der Waals surface area contributed by atoms with Crippen LogP contribution in [0, 0.1) is 0 Å². The van der Waals surface area contributed by atoms with Gasteiger partial charge in [0.15, 0.2) is 0 Å². The lowest BCUT2D eigenvalue weighted by Gasteiger charge is -1.98. The summed E-state index contributed by atoms with van der Waals surface area (Å²) in [6, 6.07) is 0. The molecule has 0 aliphatic rings. The van der Waals surface area contributed by atoms with Crippen molar-refractivity contribution in [3.63, 3.8) is 0 Å². The molecular weight excluding hydrogens is 224 g/mol. The Balaban J connectivity index is 2.52. The van der Waals surface area contributed by atoms with E-state index in [1.165, 1.54) is 0 Å². The topological polar surface area (TPSA) is 55.0 Å². The lowest BCUT2D eigenvalue weighted by molar-refractivity contribution is -0.142. The summed E-state index contributed by atoms with van der Waals surface area (Å²) in [6.45, 7) is 2.18. The average Bonchev–Trinajstić information content (AvgIpc) is 2.37. The van der Waals surface area contributed by atoms with Gasteiger partial charge in [0, 0.05) is 6.20 Å². The van der Waals surface area contributed by atoms with E-state index in [2.05, 4.69) is 26.1 Å². The standard InChI is InChI=1S/C7H9BrN2O2/c1-2-12-7(11)3-6-5(8)4-9-10-6/h4H,2-3H2,1H3,(H,9,10). The molecule has 0 saturated heterocycles. The minimum Gasteiger partial charge on any atom is -0.466 e. The molecule has 1 N–H and O–H groups in total. The molecule has 0 atom stereocenters. The highest BCUT2D eigenvalue weighted by atomic mass is 79.9. The number of hydrogen-bond donors (Lipinski definition) is 1. The number of hydrogen-bond acceptors (Lipinski definition) is 3. The molecule has 0 aliphatic heterocycles. The van der Waals surface area contributed by atoms with Crippen LogP contribution in [0.2, 0.25) is 0 Å². The van der Waals surface area contributed by atoms with E-state index in [0.29, 0.717) is 12.3 Å². The highest BCUT2D eigenvalue weighted by Gasteiger charge is 2.08. The van der Waals surface area contributed by atoms with Crippen molar-refractivity contribution in [2.45, 2.75) is 13.3 Å². The molecular formula is C7H9BrN2O2. The second kappa shape index (κ2) is 4.25. The van der Waals surface area contributed by atoms with E-state index in [4.69, 9.17) is 4.74 Å². The molecule has 4 nitrogen and oxygen atoms in total. The first kappa shape index (κ1) is 9.25. The van der Waals surface area contributed by atoms with Gasteiger partial charge in [-0.25, -0.2) is 0 Å². The van der Waals surface area contributed by atoms with Crippen molar-refractivity contribution in [2.75, 3.05) is 6.61 Å². The Morgan fingerprint density at radius 2 is 2.58 bits per heavy atom. The number of nitrogens with one attached hydrogen (secondary N) is 1. The minimum atomic E-state index is -0.259. The van der Waals surface area contributed by atoms with Crippen LogP contribution < -0.4 is 0 Å². The second-order valence-electron chi connectivity index (χ2n) is 2.16. The van der Waals surface area contributed by atoms with E-state index in [9.17, 15) is 4.79 Å². The van der Waals surface area contributed by atoms with Gasteiger partial charge in [-0.15, -0.1) is 0 Å². The van der Waals surface area contributed by atoms with Crippen molar-refractivity contribution in [2.24, 2.45) is 0 Å². The Hall–Kier alpha value is -0.840. The molecule has 0 aromatic carbocycles. The zero-order valence-electron chi connectivity index (χ0n) is 6.63. The summed E-state index contributed by atoms with van der Waals surface area (Å²) < 4.78 is 5.56. The molecule has 12 heavy (non-hydrogen) atoms. The molecule has 5 heteroatoms. The molecule has 0 spiro atoms. The monoisotopic (exact) mass is 232 g/mol. The first-order valence-corrected chi connectivity index (χ1v) is 4.37. The average molecular weight is 233 g/mol. The van der Waals surface area contributed by atoms with Gasteiger partial charge in [0.25, 0.3) is 0 Å². The van der Waals surface area contributed by atoms with Gasteiger partial charge in [-0.2, -0.15) is 5.10 Å². The number of esters is 1. The zero-order valence-corrected chi connectivity index (χ0v) is 8.22. The van der Waals surface area contributed by atoms with E-state index >= 15 is 0 Å². The maximum absolute atomic E-state index is 11.0. The fourth-order valence-electron chi connectivity index (χ4n) is 0.776. The Morgan fingerprint density at radius 3 is 3.08 bits per heavy atom. The highest BCUT2D eigenvalue weighted by molar-refractivity contribution is 9.10. The molecule has 0 radical (unpaired) electrons. The Bertz CT molecular complexity index is 272. The van der Waals surface area contributed by atoms with Crippen LogP contribution in [0.3, 0.4) is 0 Å². The minimum absolute atomic E-state index is 0.206. The van der Waals surface area contributed by atoms with Crippen molar-refractivity contribution < 1.29 is 9.53 Å². The summed E-state index contributed by atoms with van der Waals surface area (Å²) >= 11 is 3.24. The molecule has 1 aromatic heterocycles. The number of H-pyrrole nitrogens is 1. The van der Waals surface area contributed by atoms with Gasteiger partial charge in [0.1, 0.15) is 0 Å². The lowest BCUT2D eigenvalue weighted by Crippen LogP contribution is -2.08. The van der Waals surface area contributed by atoms with E-state index in [0.717, 1.165) is 4.47 Å². The zero-order chi connectivity index (χ0) is 8.97. The van der Waals surface area contributed by atoms with E-state index in [1.807, 2.05) is 0 Å². The van der Waals surface area contributed by atoms with Crippen LogP contribution in [-0.2, 0) is 16.0 Å². The fourth-order valence-corrected chi connectivity index (χ4v) is 1.11. The molecule has 0 unspecified atom stereocenters. The summed E-state index contributed by atoms with van der Waals surface area (Å²) in [7, 11) is 0. The Kier molecular flexibility index (Phi) is 3.28. The van der Waals surface area contributed by atoms with Crippen LogP contribution in [0.4, 0.5) is 0 Å². The quantitative estimate of drug-likeness (QED) is 0.800. The highest BCUT2D eigenvalue weighted by Crippen LogP contribution is 2.13. The van der Waals surface area contributed by atoms with E-state index in [-0.39, 0.29) is 12.4 Å². The number of aromatic nitrogens is 2. The molecule has 0 aliphatic carbocycles. The summed E-state index contributed by atoms with van der Waals surface area (Å²) in [5, 5.41) is 6.51. The second-order valence-corrected chi connectivity index (χ2v) is 3.02. The van der Waals surface area contributed by atoms with E-state index < -0.39 is 0 Å². The summed E-state index contributed by atoms with van der Waals surface area (Å²) in [5.74, 6) is -0.259. The predicted molar refractivity (Wildman–Crippen MR) is 46.6 cm³/mol. The lowest BCUT2D eigenvalue weighted by atomic mass is 10.3. The predicted octanol–water partition coefficient (Wildman–Crippen LogP) is 1.28. The van der Waals surface area contributed by atoms with Gasteiger partial charge in [-0.05, 0) is 22.9 Å². The van der Waals surface area contributed by atoms with Crippen molar-refractivity contribution in [3.05, 3.63) is 16.4 Å². The molecule has 0 amide bonds. The van der Waals surface area contributed by atoms with Crippen molar-refractivity contribution in [3.8, 4) is 0 Å². The number of carbonyl (C=O) groups is 1. The Morgan fingerprint density at radius 1 is 1.83 bits per heavy atom. The number of halogens is 1. The number of aromatic amines is 1. The normalized spacial score (nSPS) is 9.83. The van der Waals surface area contributed by atoms with Crippen molar-refractivity contribution in [1.29, 1.82) is 0 Å². The molecule has 1 rings (SSSR count). The molecule has 1 heterocycles. The number of nitrogens with zero attached hydrogens (tertiary/aromatic N) is 1.